The third-order valence-electron chi connectivity index (χ3n) is 1.97. The normalized spacial score (nSPS) is 9.88. The average molecular weight is 236 g/mol. The van der Waals surface area contributed by atoms with Gasteiger partial charge in [0.25, 0.3) is 0 Å². The predicted molar refractivity (Wildman–Crippen MR) is 63.1 cm³/mol. The van der Waals surface area contributed by atoms with Crippen LogP contribution in [0.2, 0.25) is 5.15 Å². The Kier molecular flexibility index (Phi) is 3.22. The minimum absolute atomic E-state index is 0.337. The molecule has 0 aliphatic heterocycles. The number of rotatable bonds is 3. The van der Waals surface area contributed by atoms with Gasteiger partial charge in [-0.1, -0.05) is 29.8 Å². The highest BCUT2D eigenvalue weighted by atomic mass is 35.5. The minimum atomic E-state index is 0.337. The summed E-state index contributed by atoms with van der Waals surface area (Å²) >= 11 is 5.90. The third kappa shape index (κ3) is 2.23. The molecule has 0 fully saturated rings. The second-order valence-corrected chi connectivity index (χ2v) is 3.37. The number of hydrogen-bond donors (Lipinski definition) is 1. The topological polar surface area (TPSA) is 47.0 Å². The molecule has 0 aliphatic rings. The number of benzene rings is 1. The molecule has 0 bridgehead atoms. The fourth-order valence-electron chi connectivity index (χ4n) is 1.24. The number of ether oxygens (including phenoxy) is 1. The van der Waals surface area contributed by atoms with Gasteiger partial charge in [0.05, 0.1) is 0 Å². The summed E-state index contributed by atoms with van der Waals surface area (Å²) in [7, 11) is 1.74. The van der Waals surface area contributed by atoms with E-state index in [1.807, 2.05) is 30.3 Å². The average Bonchev–Trinajstić information content (AvgIpc) is 2.31. The number of para-hydroxylation sites is 1. The van der Waals surface area contributed by atoms with Crippen molar-refractivity contribution >= 4 is 17.3 Å². The van der Waals surface area contributed by atoms with Gasteiger partial charge in [0, 0.05) is 7.05 Å². The van der Waals surface area contributed by atoms with Crippen molar-refractivity contribution in [3.8, 4) is 11.6 Å². The molecule has 4 nitrogen and oxygen atoms in total. The summed E-state index contributed by atoms with van der Waals surface area (Å²) in [5, 5.41) is 3.24. The van der Waals surface area contributed by atoms with E-state index in [0.717, 1.165) is 0 Å². The maximum absolute atomic E-state index is 5.90. The van der Waals surface area contributed by atoms with E-state index in [1.165, 1.54) is 6.33 Å². The molecular weight excluding hydrogens is 226 g/mol. The van der Waals surface area contributed by atoms with Gasteiger partial charge >= 0.3 is 0 Å². The fourth-order valence-corrected chi connectivity index (χ4v) is 1.46. The molecular formula is C11H10ClN3O. The van der Waals surface area contributed by atoms with Crippen molar-refractivity contribution in [1.82, 2.24) is 9.97 Å². The summed E-state index contributed by atoms with van der Waals surface area (Å²) in [5.74, 6) is 1.11. The van der Waals surface area contributed by atoms with Crippen LogP contribution in [0, 0.1) is 0 Å². The van der Waals surface area contributed by atoms with Gasteiger partial charge < -0.3 is 10.1 Å². The number of halogens is 1. The summed E-state index contributed by atoms with van der Waals surface area (Å²) in [5.41, 5.74) is 0.577. The van der Waals surface area contributed by atoms with Crippen LogP contribution in [0.4, 0.5) is 5.69 Å². The van der Waals surface area contributed by atoms with Crippen LogP contribution in [0.3, 0.4) is 0 Å². The summed E-state index contributed by atoms with van der Waals surface area (Å²) in [4.78, 5) is 7.89. The van der Waals surface area contributed by atoms with Crippen molar-refractivity contribution in [3.05, 3.63) is 41.8 Å². The van der Waals surface area contributed by atoms with Gasteiger partial charge in [-0.25, -0.2) is 4.98 Å². The van der Waals surface area contributed by atoms with E-state index in [1.54, 1.807) is 7.05 Å². The van der Waals surface area contributed by atoms with Gasteiger partial charge in [-0.05, 0) is 12.1 Å². The molecule has 0 unspecified atom stereocenters. The van der Waals surface area contributed by atoms with Gasteiger partial charge in [0.1, 0.15) is 17.8 Å². The minimum Gasteiger partial charge on any atom is -0.437 e. The number of anilines is 1. The van der Waals surface area contributed by atoms with Crippen molar-refractivity contribution in [2.45, 2.75) is 0 Å². The predicted octanol–water partition coefficient (Wildman–Crippen LogP) is 2.96. The van der Waals surface area contributed by atoms with Crippen LogP contribution >= 0.6 is 11.6 Å². The first kappa shape index (κ1) is 10.7. The van der Waals surface area contributed by atoms with Gasteiger partial charge in [-0.15, -0.1) is 0 Å². The molecule has 2 aromatic rings. The molecule has 1 heterocycles. The Morgan fingerprint density at radius 1 is 1.19 bits per heavy atom. The summed E-state index contributed by atoms with van der Waals surface area (Å²) < 4.78 is 5.58. The van der Waals surface area contributed by atoms with Crippen molar-refractivity contribution in [2.24, 2.45) is 0 Å². The highest BCUT2D eigenvalue weighted by Crippen LogP contribution is 2.30. The SMILES string of the molecule is CNc1c(Cl)ncnc1Oc1ccccc1. The van der Waals surface area contributed by atoms with Crippen molar-refractivity contribution in [2.75, 3.05) is 12.4 Å². The Morgan fingerprint density at radius 3 is 2.62 bits per heavy atom. The van der Waals surface area contributed by atoms with Gasteiger partial charge in [-0.3, -0.25) is 0 Å². The smallest absolute Gasteiger partial charge is 0.247 e. The molecule has 5 heteroatoms. The molecule has 0 spiro atoms. The molecule has 0 amide bonds. The van der Waals surface area contributed by atoms with E-state index in [0.29, 0.717) is 22.5 Å². The van der Waals surface area contributed by atoms with Crippen LogP contribution in [0.5, 0.6) is 11.6 Å². The van der Waals surface area contributed by atoms with Crippen LogP contribution < -0.4 is 10.1 Å². The second-order valence-electron chi connectivity index (χ2n) is 3.01. The highest BCUT2D eigenvalue weighted by molar-refractivity contribution is 6.32. The Hall–Kier alpha value is -1.81. The monoisotopic (exact) mass is 235 g/mol. The Morgan fingerprint density at radius 2 is 1.94 bits per heavy atom. The van der Waals surface area contributed by atoms with Gasteiger partial charge in [0.15, 0.2) is 5.15 Å². The number of nitrogens with zero attached hydrogens (tertiary/aromatic N) is 2. The lowest BCUT2D eigenvalue weighted by Gasteiger charge is -2.09. The lowest BCUT2D eigenvalue weighted by atomic mass is 10.3. The van der Waals surface area contributed by atoms with Crippen LogP contribution in [0.1, 0.15) is 0 Å². The largest absolute Gasteiger partial charge is 0.437 e. The van der Waals surface area contributed by atoms with Crippen LogP contribution in [-0.4, -0.2) is 17.0 Å². The first-order valence-electron chi connectivity index (χ1n) is 4.72. The Balaban J connectivity index is 2.31. The molecule has 0 saturated heterocycles. The van der Waals surface area contributed by atoms with Crippen LogP contribution in [0.15, 0.2) is 36.7 Å². The number of hydrogen-bond acceptors (Lipinski definition) is 4. The maximum atomic E-state index is 5.90. The molecule has 0 aliphatic carbocycles. The summed E-state index contributed by atoms with van der Waals surface area (Å²) in [6, 6.07) is 9.37. The first-order valence-corrected chi connectivity index (χ1v) is 5.10. The first-order chi connectivity index (χ1) is 7.81. The van der Waals surface area contributed by atoms with E-state index in [-0.39, 0.29) is 0 Å². The zero-order chi connectivity index (χ0) is 11.4. The van der Waals surface area contributed by atoms with Crippen molar-refractivity contribution < 1.29 is 4.74 Å². The standard InChI is InChI=1S/C11H10ClN3O/c1-13-9-10(12)14-7-15-11(9)16-8-5-3-2-4-6-8/h2-7,13H,1H3. The maximum Gasteiger partial charge on any atom is 0.247 e. The summed E-state index contributed by atoms with van der Waals surface area (Å²) in [6.07, 6.45) is 1.36. The van der Waals surface area contributed by atoms with Crippen molar-refractivity contribution in [1.29, 1.82) is 0 Å². The lowest BCUT2D eigenvalue weighted by Crippen LogP contribution is -1.98. The molecule has 1 N–H and O–H groups in total. The van der Waals surface area contributed by atoms with E-state index in [9.17, 15) is 0 Å². The molecule has 2 rings (SSSR count). The Bertz CT molecular complexity index is 476. The fraction of sp³-hybridized carbons (Fsp3) is 0.0909. The van der Waals surface area contributed by atoms with E-state index in [4.69, 9.17) is 16.3 Å². The molecule has 0 saturated carbocycles. The highest BCUT2D eigenvalue weighted by Gasteiger charge is 2.09. The molecule has 0 atom stereocenters. The number of aromatic nitrogens is 2. The molecule has 1 aromatic carbocycles. The third-order valence-corrected chi connectivity index (χ3v) is 2.26. The second kappa shape index (κ2) is 4.81. The van der Waals surface area contributed by atoms with Crippen molar-refractivity contribution in [3.63, 3.8) is 0 Å². The molecule has 16 heavy (non-hydrogen) atoms. The lowest BCUT2D eigenvalue weighted by molar-refractivity contribution is 0.464. The van der Waals surface area contributed by atoms with E-state index >= 15 is 0 Å². The molecule has 1 aromatic heterocycles. The quantitative estimate of drug-likeness (QED) is 0.831. The Labute approximate surface area is 98.3 Å². The zero-order valence-electron chi connectivity index (χ0n) is 8.64. The molecule has 82 valence electrons. The van der Waals surface area contributed by atoms with Gasteiger partial charge in [-0.2, -0.15) is 4.98 Å². The zero-order valence-corrected chi connectivity index (χ0v) is 9.40. The van der Waals surface area contributed by atoms with Crippen LogP contribution in [0.25, 0.3) is 0 Å². The van der Waals surface area contributed by atoms with Crippen LogP contribution in [-0.2, 0) is 0 Å². The molecule has 0 radical (unpaired) electrons. The number of nitrogens with one attached hydrogen (secondary N) is 1. The summed E-state index contributed by atoms with van der Waals surface area (Å²) in [6.45, 7) is 0. The van der Waals surface area contributed by atoms with E-state index < -0.39 is 0 Å². The van der Waals surface area contributed by atoms with Gasteiger partial charge in [0.2, 0.25) is 5.88 Å². The van der Waals surface area contributed by atoms with E-state index in [2.05, 4.69) is 15.3 Å².